The fraction of sp³-hybridized carbons (Fsp3) is 0.857. The Labute approximate surface area is 247 Å². The largest absolute Gasteiger partial charge is 0.468 e. The molecule has 0 spiro atoms. The molecule has 5 rings (SSSR count). The molecule has 5 aliphatic carbocycles. The van der Waals surface area contributed by atoms with E-state index in [9.17, 15) is 14.4 Å². The molecule has 0 amide bonds. The molecule has 0 saturated heterocycles. The van der Waals surface area contributed by atoms with Crippen molar-refractivity contribution in [1.29, 1.82) is 0 Å². The monoisotopic (exact) mass is 570 g/mol. The molecule has 9 unspecified atom stereocenters. The van der Waals surface area contributed by atoms with Gasteiger partial charge in [-0.15, -0.1) is 0 Å². The lowest BCUT2D eigenvalue weighted by Gasteiger charge is -2.71. The van der Waals surface area contributed by atoms with Gasteiger partial charge in [0, 0.05) is 25.2 Å². The lowest BCUT2D eigenvalue weighted by Crippen LogP contribution is -2.68. The topological polar surface area (TPSA) is 78.9 Å². The molecule has 0 N–H and O–H groups in total. The Hall–Kier alpha value is -1.85. The van der Waals surface area contributed by atoms with E-state index in [1.807, 2.05) is 0 Å². The zero-order valence-corrected chi connectivity index (χ0v) is 27.3. The molecule has 6 heteroatoms. The fourth-order valence-electron chi connectivity index (χ4n) is 11.6. The Bertz CT molecular complexity index is 1150. The van der Waals surface area contributed by atoms with E-state index >= 15 is 0 Å². The van der Waals surface area contributed by atoms with Gasteiger partial charge >= 0.3 is 17.9 Å². The molecular formula is C35H54O6. The number of carbonyl (C=O) groups is 3. The van der Waals surface area contributed by atoms with E-state index in [0.717, 1.165) is 44.9 Å². The molecule has 6 nitrogen and oxygen atoms in total. The van der Waals surface area contributed by atoms with Crippen LogP contribution in [0.3, 0.4) is 0 Å². The maximum atomic E-state index is 13.8. The predicted octanol–water partition coefficient (Wildman–Crippen LogP) is 7.43. The van der Waals surface area contributed by atoms with Gasteiger partial charge in [0.2, 0.25) is 0 Å². The molecule has 9 atom stereocenters. The molecule has 0 bridgehead atoms. The quantitative estimate of drug-likeness (QED) is 0.199. The Morgan fingerprint density at radius 1 is 0.780 bits per heavy atom. The van der Waals surface area contributed by atoms with Crippen LogP contribution in [-0.4, -0.2) is 37.2 Å². The van der Waals surface area contributed by atoms with Crippen molar-refractivity contribution in [2.45, 2.75) is 132 Å². The average molecular weight is 571 g/mol. The second kappa shape index (κ2) is 9.58. The van der Waals surface area contributed by atoms with Crippen molar-refractivity contribution < 1.29 is 28.6 Å². The zero-order chi connectivity index (χ0) is 30.4. The van der Waals surface area contributed by atoms with Crippen LogP contribution < -0.4 is 0 Å². The Morgan fingerprint density at radius 3 is 2.02 bits per heavy atom. The maximum Gasteiger partial charge on any atom is 0.316 e. The molecular weight excluding hydrogens is 516 g/mol. The number of methoxy groups -OCH3 is 1. The summed E-state index contributed by atoms with van der Waals surface area (Å²) >= 11 is 0. The van der Waals surface area contributed by atoms with Crippen molar-refractivity contribution in [1.82, 2.24) is 0 Å². The van der Waals surface area contributed by atoms with Gasteiger partial charge in [-0.2, -0.15) is 0 Å². The van der Waals surface area contributed by atoms with Crippen LogP contribution >= 0.6 is 0 Å². The van der Waals surface area contributed by atoms with Gasteiger partial charge in [0.05, 0.1) is 7.11 Å². The normalized spacial score (nSPS) is 45.9. The molecule has 0 aromatic heterocycles. The van der Waals surface area contributed by atoms with Crippen molar-refractivity contribution in [3.8, 4) is 0 Å². The lowest BCUT2D eigenvalue weighted by atomic mass is 9.33. The summed E-state index contributed by atoms with van der Waals surface area (Å²) in [6.07, 6.45) is 10.1. The van der Waals surface area contributed by atoms with E-state index in [1.165, 1.54) is 26.5 Å². The van der Waals surface area contributed by atoms with Gasteiger partial charge in [-0.1, -0.05) is 60.1 Å². The first kappa shape index (κ1) is 30.6. The van der Waals surface area contributed by atoms with Crippen LogP contribution in [0.1, 0.15) is 120 Å². The molecule has 4 saturated carbocycles. The van der Waals surface area contributed by atoms with E-state index < -0.39 is 11.5 Å². The minimum Gasteiger partial charge on any atom is -0.468 e. The fourth-order valence-corrected chi connectivity index (χ4v) is 11.6. The van der Waals surface area contributed by atoms with Crippen LogP contribution in [-0.2, 0) is 28.6 Å². The summed E-state index contributed by atoms with van der Waals surface area (Å²) in [7, 11) is 1.48. The summed E-state index contributed by atoms with van der Waals surface area (Å²) in [5, 5.41) is 0. The standard InChI is InChI=1S/C35H54O6/c1-21(36)40-27-14-15-32(7)25(31(27,5)6)13-16-33(8)26(32)12-11-23-24-19-30(3,4)17-18-35(24,29(38)39-10)28(41-22(2)37)20-34(23,33)9/h11,24-28H,12-20H2,1-10H3. The third kappa shape index (κ3) is 4.18. The van der Waals surface area contributed by atoms with E-state index in [4.69, 9.17) is 14.2 Å². The predicted molar refractivity (Wildman–Crippen MR) is 158 cm³/mol. The number of hydrogen-bond donors (Lipinski definition) is 0. The highest BCUT2D eigenvalue weighted by molar-refractivity contribution is 5.80. The molecule has 0 aromatic rings. The smallest absolute Gasteiger partial charge is 0.316 e. The summed E-state index contributed by atoms with van der Waals surface area (Å²) < 4.78 is 17.6. The van der Waals surface area contributed by atoms with Gasteiger partial charge in [-0.05, 0) is 91.3 Å². The van der Waals surface area contributed by atoms with E-state index in [0.29, 0.717) is 24.7 Å². The second-order valence-electron chi connectivity index (χ2n) is 16.5. The number of allylic oxidation sites excluding steroid dienone is 2. The molecule has 0 radical (unpaired) electrons. The first-order valence-electron chi connectivity index (χ1n) is 16.0. The second-order valence-corrected chi connectivity index (χ2v) is 16.5. The molecule has 0 aromatic carbocycles. The molecule has 0 heterocycles. The average Bonchev–Trinajstić information content (AvgIpc) is 2.85. The van der Waals surface area contributed by atoms with Crippen molar-refractivity contribution in [3.63, 3.8) is 0 Å². The number of fused-ring (bicyclic) bond motifs is 7. The summed E-state index contributed by atoms with van der Waals surface area (Å²) in [4.78, 5) is 38.4. The van der Waals surface area contributed by atoms with Gasteiger partial charge in [-0.3, -0.25) is 14.4 Å². The van der Waals surface area contributed by atoms with Crippen LogP contribution in [0.4, 0.5) is 0 Å². The van der Waals surface area contributed by atoms with Crippen LogP contribution in [0.2, 0.25) is 0 Å². The van der Waals surface area contributed by atoms with Gasteiger partial charge in [0.1, 0.15) is 17.6 Å². The number of hydrogen-bond acceptors (Lipinski definition) is 6. The number of esters is 3. The van der Waals surface area contributed by atoms with Crippen LogP contribution in [0.25, 0.3) is 0 Å². The SMILES string of the molecule is COC(=O)C12CCC(C)(C)CC1C1=CCC3C4(C)CCC(OC(C)=O)C(C)(C)C4CCC3(C)C1(C)CC2OC(C)=O. The van der Waals surface area contributed by atoms with Gasteiger partial charge < -0.3 is 14.2 Å². The first-order valence-corrected chi connectivity index (χ1v) is 16.0. The number of ether oxygens (including phenoxy) is 3. The lowest BCUT2D eigenvalue weighted by molar-refractivity contribution is -0.227. The van der Waals surface area contributed by atoms with Gasteiger partial charge in [0.25, 0.3) is 0 Å². The highest BCUT2D eigenvalue weighted by Gasteiger charge is 2.72. The molecule has 5 aliphatic rings. The number of rotatable bonds is 3. The zero-order valence-electron chi connectivity index (χ0n) is 27.3. The molecule has 41 heavy (non-hydrogen) atoms. The summed E-state index contributed by atoms with van der Waals surface area (Å²) in [5.74, 6) is 0.146. The van der Waals surface area contributed by atoms with E-state index in [1.54, 1.807) is 0 Å². The summed E-state index contributed by atoms with van der Waals surface area (Å²) in [6.45, 7) is 19.7. The van der Waals surface area contributed by atoms with Gasteiger partial charge in [0.15, 0.2) is 0 Å². The summed E-state index contributed by atoms with van der Waals surface area (Å²) in [6, 6.07) is 0. The molecule has 230 valence electrons. The molecule has 4 fully saturated rings. The number of carbonyl (C=O) groups excluding carboxylic acids is 3. The third-order valence-corrected chi connectivity index (χ3v) is 13.8. The van der Waals surface area contributed by atoms with Crippen molar-refractivity contribution in [3.05, 3.63) is 11.6 Å². The van der Waals surface area contributed by atoms with Gasteiger partial charge in [-0.25, -0.2) is 0 Å². The Balaban J connectivity index is 1.62. The highest BCUT2D eigenvalue weighted by atomic mass is 16.6. The van der Waals surface area contributed by atoms with Crippen molar-refractivity contribution >= 4 is 17.9 Å². The minimum atomic E-state index is -0.838. The molecule has 0 aliphatic heterocycles. The van der Waals surface area contributed by atoms with E-state index in [-0.39, 0.29) is 57.0 Å². The maximum absolute atomic E-state index is 13.8. The Morgan fingerprint density at radius 2 is 1.41 bits per heavy atom. The first-order chi connectivity index (χ1) is 18.9. The third-order valence-electron chi connectivity index (χ3n) is 13.8. The minimum absolute atomic E-state index is 0.0127. The summed E-state index contributed by atoms with van der Waals surface area (Å²) in [5.41, 5.74) is 0.417. The van der Waals surface area contributed by atoms with Crippen LogP contribution in [0.5, 0.6) is 0 Å². The van der Waals surface area contributed by atoms with Crippen molar-refractivity contribution in [2.75, 3.05) is 7.11 Å². The van der Waals surface area contributed by atoms with Crippen LogP contribution in [0, 0.1) is 50.2 Å². The van der Waals surface area contributed by atoms with E-state index in [2.05, 4.69) is 54.5 Å². The highest BCUT2D eigenvalue weighted by Crippen LogP contribution is 2.76. The van der Waals surface area contributed by atoms with Crippen LogP contribution in [0.15, 0.2) is 11.6 Å². The Kier molecular flexibility index (Phi) is 7.15. The van der Waals surface area contributed by atoms with Crippen molar-refractivity contribution in [2.24, 2.45) is 50.2 Å².